The van der Waals surface area contributed by atoms with Crippen LogP contribution < -0.4 is 0 Å². The monoisotopic (exact) mass is 171 g/mol. The molecule has 0 aliphatic heterocycles. The standard InChI is InChI=1S/C6H9N3O3/c1-5(10)4-8-3-2-6(7-8)9(11)12/h2-3,5,10H,4H2,1H3/t5-/m0/s1. The molecule has 12 heavy (non-hydrogen) atoms. The molecule has 6 nitrogen and oxygen atoms in total. The van der Waals surface area contributed by atoms with Crippen LogP contribution in [0, 0.1) is 10.1 Å². The molecule has 0 aliphatic carbocycles. The van der Waals surface area contributed by atoms with E-state index in [1.54, 1.807) is 6.92 Å². The van der Waals surface area contributed by atoms with Gasteiger partial charge < -0.3 is 15.2 Å². The summed E-state index contributed by atoms with van der Waals surface area (Å²) in [6, 6.07) is 1.29. The lowest BCUT2D eigenvalue weighted by Gasteiger charge is -1.98. The molecule has 0 spiro atoms. The summed E-state index contributed by atoms with van der Waals surface area (Å²) in [5.74, 6) is -0.198. The van der Waals surface area contributed by atoms with Gasteiger partial charge in [0.15, 0.2) is 0 Å². The summed E-state index contributed by atoms with van der Waals surface area (Å²) in [6.07, 6.45) is 0.912. The van der Waals surface area contributed by atoms with Crippen molar-refractivity contribution in [2.45, 2.75) is 19.6 Å². The molecule has 0 saturated carbocycles. The minimum atomic E-state index is -0.571. The van der Waals surface area contributed by atoms with E-state index in [0.717, 1.165) is 0 Å². The number of aliphatic hydroxyl groups is 1. The van der Waals surface area contributed by atoms with Crippen LogP contribution in [0.4, 0.5) is 5.82 Å². The fraction of sp³-hybridized carbons (Fsp3) is 0.500. The van der Waals surface area contributed by atoms with Gasteiger partial charge in [-0.2, -0.15) is 4.68 Å². The molecule has 6 heteroatoms. The number of rotatable bonds is 3. The Morgan fingerprint density at radius 2 is 2.58 bits per heavy atom. The minimum Gasteiger partial charge on any atom is -0.391 e. The Labute approximate surface area is 68.6 Å². The Morgan fingerprint density at radius 1 is 1.92 bits per heavy atom. The van der Waals surface area contributed by atoms with Crippen molar-refractivity contribution in [2.24, 2.45) is 0 Å². The lowest BCUT2D eigenvalue weighted by Crippen LogP contribution is -2.12. The molecule has 1 N–H and O–H groups in total. The Balaban J connectivity index is 2.71. The fourth-order valence-corrected chi connectivity index (χ4v) is 0.821. The van der Waals surface area contributed by atoms with Crippen LogP contribution in [0.15, 0.2) is 12.3 Å². The van der Waals surface area contributed by atoms with E-state index in [2.05, 4.69) is 5.10 Å². The third-order valence-electron chi connectivity index (χ3n) is 1.26. The molecule has 1 atom stereocenters. The van der Waals surface area contributed by atoms with Gasteiger partial charge in [0.1, 0.15) is 0 Å². The van der Waals surface area contributed by atoms with Crippen molar-refractivity contribution < 1.29 is 10.0 Å². The molecule has 0 bridgehead atoms. The number of hydrogen-bond donors (Lipinski definition) is 1. The highest BCUT2D eigenvalue weighted by molar-refractivity contribution is 5.13. The molecule has 0 aliphatic rings. The fourth-order valence-electron chi connectivity index (χ4n) is 0.821. The maximum absolute atomic E-state index is 10.2. The first-order chi connectivity index (χ1) is 5.59. The van der Waals surface area contributed by atoms with Gasteiger partial charge in [-0.1, -0.05) is 0 Å². The normalized spacial score (nSPS) is 12.8. The van der Waals surface area contributed by atoms with E-state index < -0.39 is 11.0 Å². The second-order valence-corrected chi connectivity index (χ2v) is 2.50. The third-order valence-corrected chi connectivity index (χ3v) is 1.26. The van der Waals surface area contributed by atoms with E-state index in [1.807, 2.05) is 0 Å². The first-order valence-electron chi connectivity index (χ1n) is 3.45. The van der Waals surface area contributed by atoms with Crippen molar-refractivity contribution in [1.29, 1.82) is 0 Å². The first kappa shape index (κ1) is 8.66. The summed E-state index contributed by atoms with van der Waals surface area (Å²) in [6.45, 7) is 1.86. The van der Waals surface area contributed by atoms with E-state index in [0.29, 0.717) is 0 Å². The van der Waals surface area contributed by atoms with Gasteiger partial charge in [0.2, 0.25) is 0 Å². The van der Waals surface area contributed by atoms with Gasteiger partial charge in [-0.3, -0.25) is 0 Å². The van der Waals surface area contributed by atoms with E-state index in [4.69, 9.17) is 5.11 Å². The molecule has 1 aromatic rings. The number of hydrogen-bond acceptors (Lipinski definition) is 4. The molecular formula is C6H9N3O3. The van der Waals surface area contributed by atoms with Crippen LogP contribution >= 0.6 is 0 Å². The lowest BCUT2D eigenvalue weighted by atomic mass is 10.4. The largest absolute Gasteiger partial charge is 0.391 e. The van der Waals surface area contributed by atoms with Crippen LogP contribution in [-0.4, -0.2) is 25.9 Å². The molecule has 0 radical (unpaired) electrons. The quantitative estimate of drug-likeness (QED) is 0.519. The Morgan fingerprint density at radius 3 is 3.00 bits per heavy atom. The van der Waals surface area contributed by atoms with E-state index in [1.165, 1.54) is 16.9 Å². The number of aromatic nitrogens is 2. The maximum atomic E-state index is 10.2. The van der Waals surface area contributed by atoms with Gasteiger partial charge in [0.25, 0.3) is 0 Å². The summed E-state index contributed by atoms with van der Waals surface area (Å²) in [4.78, 5) is 9.60. The van der Waals surface area contributed by atoms with Crippen molar-refractivity contribution in [3.05, 3.63) is 22.4 Å². The van der Waals surface area contributed by atoms with Crippen LogP contribution in [-0.2, 0) is 6.54 Å². The Kier molecular flexibility index (Phi) is 2.39. The second kappa shape index (κ2) is 3.31. The van der Waals surface area contributed by atoms with Gasteiger partial charge in [-0.15, -0.1) is 0 Å². The Hall–Kier alpha value is -1.43. The third kappa shape index (κ3) is 2.03. The summed E-state index contributed by atoms with van der Waals surface area (Å²) in [5, 5.41) is 22.7. The molecule has 0 saturated heterocycles. The average molecular weight is 171 g/mol. The lowest BCUT2D eigenvalue weighted by molar-refractivity contribution is -0.389. The predicted octanol–water partition coefficient (Wildman–Crippen LogP) is 0.172. The predicted molar refractivity (Wildman–Crippen MR) is 40.6 cm³/mol. The summed E-state index contributed by atoms with van der Waals surface area (Å²) >= 11 is 0. The maximum Gasteiger partial charge on any atom is 0.389 e. The molecule has 0 unspecified atom stereocenters. The van der Waals surface area contributed by atoms with E-state index in [9.17, 15) is 10.1 Å². The van der Waals surface area contributed by atoms with Crippen LogP contribution in [0.25, 0.3) is 0 Å². The molecule has 66 valence electrons. The first-order valence-corrected chi connectivity index (χ1v) is 3.45. The van der Waals surface area contributed by atoms with Crippen LogP contribution in [0.1, 0.15) is 6.92 Å². The van der Waals surface area contributed by atoms with E-state index in [-0.39, 0.29) is 12.4 Å². The van der Waals surface area contributed by atoms with Crippen molar-refractivity contribution in [1.82, 2.24) is 9.78 Å². The summed E-state index contributed by atoms with van der Waals surface area (Å²) in [5.41, 5.74) is 0. The van der Waals surface area contributed by atoms with Crippen molar-refractivity contribution in [2.75, 3.05) is 0 Å². The van der Waals surface area contributed by atoms with Crippen LogP contribution in [0.3, 0.4) is 0 Å². The Bertz CT molecular complexity index is 281. The van der Waals surface area contributed by atoms with Gasteiger partial charge in [-0.05, 0) is 11.8 Å². The van der Waals surface area contributed by atoms with Gasteiger partial charge in [0, 0.05) is 0 Å². The van der Waals surface area contributed by atoms with Gasteiger partial charge in [0.05, 0.1) is 30.0 Å². The average Bonchev–Trinajstić information content (AvgIpc) is 2.34. The minimum absolute atomic E-state index is 0.198. The van der Waals surface area contributed by atoms with Gasteiger partial charge in [-0.25, -0.2) is 0 Å². The second-order valence-electron chi connectivity index (χ2n) is 2.50. The molecule has 0 fully saturated rings. The van der Waals surface area contributed by atoms with Crippen molar-refractivity contribution in [3.63, 3.8) is 0 Å². The number of aliphatic hydroxyl groups excluding tert-OH is 1. The highest BCUT2D eigenvalue weighted by Crippen LogP contribution is 2.05. The molecule has 1 rings (SSSR count). The summed E-state index contributed by atoms with van der Waals surface area (Å²) < 4.78 is 1.34. The van der Waals surface area contributed by atoms with Crippen molar-refractivity contribution >= 4 is 5.82 Å². The molecule has 1 heterocycles. The molecule has 0 aromatic carbocycles. The highest BCUT2D eigenvalue weighted by Gasteiger charge is 2.11. The van der Waals surface area contributed by atoms with Crippen LogP contribution in [0.5, 0.6) is 0 Å². The molecule has 0 amide bonds. The smallest absolute Gasteiger partial charge is 0.389 e. The zero-order valence-corrected chi connectivity index (χ0v) is 6.54. The number of nitrogens with zero attached hydrogens (tertiary/aromatic N) is 3. The van der Waals surface area contributed by atoms with Gasteiger partial charge >= 0.3 is 5.82 Å². The topological polar surface area (TPSA) is 81.2 Å². The molecule has 1 aromatic heterocycles. The summed E-state index contributed by atoms with van der Waals surface area (Å²) in [7, 11) is 0. The van der Waals surface area contributed by atoms with Crippen molar-refractivity contribution in [3.8, 4) is 0 Å². The zero-order chi connectivity index (χ0) is 9.14. The highest BCUT2D eigenvalue weighted by atomic mass is 16.6. The van der Waals surface area contributed by atoms with Crippen LogP contribution in [0.2, 0.25) is 0 Å². The SMILES string of the molecule is C[C@H](O)Cn1ccc([N+](=O)[O-])n1. The van der Waals surface area contributed by atoms with E-state index >= 15 is 0 Å². The molecular weight excluding hydrogens is 162 g/mol. The number of nitro groups is 1. The zero-order valence-electron chi connectivity index (χ0n) is 6.54.